The molecule has 2 heterocycles. The van der Waals surface area contributed by atoms with Crippen molar-refractivity contribution in [2.75, 3.05) is 13.2 Å². The van der Waals surface area contributed by atoms with Gasteiger partial charge in [-0.3, -0.25) is 19.5 Å². The predicted molar refractivity (Wildman–Crippen MR) is 176 cm³/mol. The SMILES string of the molecule is CCOC(=O)C1=C(C)N=c2s/c(=C\c3ccc(OCc4ccc([N+](=O)[O-])cc4)c(OCC)c3)c(=O)n2[C@H]1c1ccc(C(C)C)cc1. The first kappa shape index (κ1) is 32.4. The quantitative estimate of drug-likeness (QED) is 0.115. The topological polar surface area (TPSA) is 122 Å². The molecule has 4 aromatic rings. The van der Waals surface area contributed by atoms with Crippen LogP contribution < -0.4 is 24.4 Å². The predicted octanol–water partition coefficient (Wildman–Crippen LogP) is 5.81. The highest BCUT2D eigenvalue weighted by Gasteiger charge is 2.33. The Bertz CT molecular complexity index is 1970. The van der Waals surface area contributed by atoms with Crippen molar-refractivity contribution in [3.8, 4) is 11.5 Å². The lowest BCUT2D eigenvalue weighted by Crippen LogP contribution is -2.39. The summed E-state index contributed by atoms with van der Waals surface area (Å²) in [6.45, 7) is 10.4. The third-order valence-corrected chi connectivity index (χ3v) is 8.53. The van der Waals surface area contributed by atoms with E-state index in [0.29, 0.717) is 44.6 Å². The van der Waals surface area contributed by atoms with Crippen molar-refractivity contribution in [3.63, 3.8) is 0 Å². The molecular formula is C35H35N3O7S. The fourth-order valence-electron chi connectivity index (χ4n) is 5.20. The molecular weight excluding hydrogens is 606 g/mol. The van der Waals surface area contributed by atoms with Crippen LogP contribution in [-0.4, -0.2) is 28.7 Å². The number of carbonyl (C=O) groups is 1. The molecule has 238 valence electrons. The number of nitrogens with zero attached hydrogens (tertiary/aromatic N) is 3. The number of ether oxygens (including phenoxy) is 3. The van der Waals surface area contributed by atoms with Gasteiger partial charge in [0.1, 0.15) is 6.61 Å². The van der Waals surface area contributed by atoms with Crippen molar-refractivity contribution in [1.82, 2.24) is 4.57 Å². The highest BCUT2D eigenvalue weighted by Crippen LogP contribution is 2.32. The van der Waals surface area contributed by atoms with E-state index >= 15 is 0 Å². The molecule has 0 aliphatic carbocycles. The number of fused-ring (bicyclic) bond motifs is 1. The van der Waals surface area contributed by atoms with Crippen molar-refractivity contribution in [2.45, 2.75) is 53.2 Å². The zero-order valence-corrected chi connectivity index (χ0v) is 27.1. The lowest BCUT2D eigenvalue weighted by molar-refractivity contribution is -0.384. The van der Waals surface area contributed by atoms with E-state index in [4.69, 9.17) is 14.2 Å². The summed E-state index contributed by atoms with van der Waals surface area (Å²) >= 11 is 1.25. The van der Waals surface area contributed by atoms with Gasteiger partial charge < -0.3 is 14.2 Å². The smallest absolute Gasteiger partial charge is 0.338 e. The maximum Gasteiger partial charge on any atom is 0.338 e. The Morgan fingerprint density at radius 2 is 1.74 bits per heavy atom. The molecule has 0 bridgehead atoms. The number of hydrogen-bond donors (Lipinski definition) is 0. The Balaban J connectivity index is 1.52. The number of benzene rings is 3. The van der Waals surface area contributed by atoms with Gasteiger partial charge in [0.05, 0.1) is 40.0 Å². The largest absolute Gasteiger partial charge is 0.490 e. The second kappa shape index (κ2) is 13.9. The zero-order chi connectivity index (χ0) is 33.0. The van der Waals surface area contributed by atoms with Gasteiger partial charge in [0.2, 0.25) is 0 Å². The number of esters is 1. The maximum atomic E-state index is 14.0. The number of rotatable bonds is 11. The highest BCUT2D eigenvalue weighted by atomic mass is 32.1. The van der Waals surface area contributed by atoms with Crippen LogP contribution in [0.5, 0.6) is 11.5 Å². The second-order valence-corrected chi connectivity index (χ2v) is 12.0. The van der Waals surface area contributed by atoms with E-state index in [1.54, 1.807) is 48.8 Å². The molecule has 0 N–H and O–H groups in total. The van der Waals surface area contributed by atoms with Crippen molar-refractivity contribution in [3.05, 3.63) is 130 Å². The van der Waals surface area contributed by atoms with Crippen LogP contribution in [0, 0.1) is 10.1 Å². The van der Waals surface area contributed by atoms with E-state index in [2.05, 4.69) is 18.8 Å². The second-order valence-electron chi connectivity index (χ2n) is 11.0. The Morgan fingerprint density at radius 3 is 2.37 bits per heavy atom. The standard InChI is InChI=1S/C35H35N3O7S/c1-6-43-29-18-24(10-17-28(29)45-20-23-8-15-27(16-9-23)38(41)42)19-30-33(39)37-32(26-13-11-25(12-14-26)21(3)4)31(34(40)44-7-2)22(5)36-35(37)46-30/h8-19,21,32H,6-7,20H2,1-5H3/b30-19-/t32-/m0/s1. The van der Waals surface area contributed by atoms with Crippen LogP contribution in [-0.2, 0) is 16.1 Å². The minimum atomic E-state index is -0.687. The Morgan fingerprint density at radius 1 is 1.02 bits per heavy atom. The third kappa shape index (κ3) is 6.79. The number of aromatic nitrogens is 1. The summed E-state index contributed by atoms with van der Waals surface area (Å²) in [5.74, 6) is 0.827. The summed E-state index contributed by atoms with van der Waals surface area (Å²) in [5.41, 5.74) is 4.02. The van der Waals surface area contributed by atoms with E-state index in [9.17, 15) is 19.7 Å². The Labute approximate surface area is 270 Å². The first-order valence-electron chi connectivity index (χ1n) is 15.0. The minimum absolute atomic E-state index is 0.0102. The number of thiazole rings is 1. The van der Waals surface area contributed by atoms with Crippen LogP contribution >= 0.6 is 11.3 Å². The van der Waals surface area contributed by atoms with E-state index in [1.807, 2.05) is 37.3 Å². The van der Waals surface area contributed by atoms with Gasteiger partial charge >= 0.3 is 5.97 Å². The van der Waals surface area contributed by atoms with Gasteiger partial charge in [0.15, 0.2) is 16.3 Å². The van der Waals surface area contributed by atoms with Gasteiger partial charge in [-0.2, -0.15) is 0 Å². The summed E-state index contributed by atoms with van der Waals surface area (Å²) in [7, 11) is 0. The summed E-state index contributed by atoms with van der Waals surface area (Å²) < 4.78 is 19.3. The number of nitro groups is 1. The monoisotopic (exact) mass is 641 g/mol. The molecule has 46 heavy (non-hydrogen) atoms. The molecule has 0 unspecified atom stereocenters. The molecule has 0 radical (unpaired) electrons. The van der Waals surface area contributed by atoms with Gasteiger partial charge in [-0.05, 0) is 79.3 Å². The molecule has 1 aliphatic rings. The normalized spacial score (nSPS) is 14.6. The molecule has 0 fully saturated rings. The molecule has 3 aromatic carbocycles. The van der Waals surface area contributed by atoms with E-state index in [-0.39, 0.29) is 24.5 Å². The number of allylic oxidation sites excluding steroid dienone is 1. The first-order valence-corrected chi connectivity index (χ1v) is 15.8. The van der Waals surface area contributed by atoms with Crippen molar-refractivity contribution in [1.29, 1.82) is 0 Å². The molecule has 1 aliphatic heterocycles. The Kier molecular flexibility index (Phi) is 9.81. The van der Waals surface area contributed by atoms with Gasteiger partial charge in [-0.15, -0.1) is 0 Å². The lowest BCUT2D eigenvalue weighted by Gasteiger charge is -2.25. The van der Waals surface area contributed by atoms with Crippen LogP contribution in [0.2, 0.25) is 0 Å². The van der Waals surface area contributed by atoms with Crippen LogP contribution in [0.25, 0.3) is 6.08 Å². The minimum Gasteiger partial charge on any atom is -0.490 e. The lowest BCUT2D eigenvalue weighted by atomic mass is 9.93. The molecule has 0 saturated heterocycles. The summed E-state index contributed by atoms with van der Waals surface area (Å²) in [6, 6.07) is 18.8. The van der Waals surface area contributed by atoms with Crippen LogP contribution in [0.15, 0.2) is 87.8 Å². The molecule has 1 atom stereocenters. The molecule has 0 spiro atoms. The van der Waals surface area contributed by atoms with Crippen LogP contribution in [0.1, 0.15) is 68.8 Å². The number of carbonyl (C=O) groups excluding carboxylic acids is 1. The number of non-ortho nitro benzene ring substituents is 1. The molecule has 11 heteroatoms. The molecule has 0 amide bonds. The summed E-state index contributed by atoms with van der Waals surface area (Å²) in [6.07, 6.45) is 1.77. The summed E-state index contributed by atoms with van der Waals surface area (Å²) in [4.78, 5) is 42.9. The number of hydrogen-bond acceptors (Lipinski definition) is 9. The summed E-state index contributed by atoms with van der Waals surface area (Å²) in [5, 5.41) is 11.0. The first-order chi connectivity index (χ1) is 22.1. The molecule has 5 rings (SSSR count). The van der Waals surface area contributed by atoms with Crippen LogP contribution in [0.3, 0.4) is 0 Å². The van der Waals surface area contributed by atoms with E-state index in [0.717, 1.165) is 22.3 Å². The van der Waals surface area contributed by atoms with E-state index in [1.165, 1.54) is 23.5 Å². The average molecular weight is 642 g/mol. The van der Waals surface area contributed by atoms with Crippen molar-refractivity contribution >= 4 is 29.1 Å². The molecule has 1 aromatic heterocycles. The fourth-order valence-corrected chi connectivity index (χ4v) is 6.25. The average Bonchev–Trinajstić information content (AvgIpc) is 3.34. The van der Waals surface area contributed by atoms with E-state index < -0.39 is 16.9 Å². The number of nitro benzene ring substituents is 1. The van der Waals surface area contributed by atoms with Gasteiger partial charge in [0.25, 0.3) is 11.2 Å². The van der Waals surface area contributed by atoms with Gasteiger partial charge in [-0.1, -0.05) is 55.5 Å². The molecule has 10 nitrogen and oxygen atoms in total. The van der Waals surface area contributed by atoms with Gasteiger partial charge in [0, 0.05) is 12.1 Å². The third-order valence-electron chi connectivity index (χ3n) is 7.54. The van der Waals surface area contributed by atoms with Crippen molar-refractivity contribution in [2.24, 2.45) is 4.99 Å². The Hall–Kier alpha value is -5.03. The zero-order valence-electron chi connectivity index (χ0n) is 26.3. The fraction of sp³-hybridized carbons (Fsp3) is 0.286. The van der Waals surface area contributed by atoms with Gasteiger partial charge in [-0.25, -0.2) is 9.79 Å². The maximum absolute atomic E-state index is 14.0. The molecule has 0 saturated carbocycles. The van der Waals surface area contributed by atoms with Crippen molar-refractivity contribution < 1.29 is 23.9 Å². The highest BCUT2D eigenvalue weighted by molar-refractivity contribution is 7.07. The van der Waals surface area contributed by atoms with Crippen LogP contribution in [0.4, 0.5) is 5.69 Å².